The summed E-state index contributed by atoms with van der Waals surface area (Å²) in [5.74, 6) is 2.26. The van der Waals surface area contributed by atoms with Crippen LogP contribution in [0, 0.1) is 6.92 Å². The molecule has 1 aromatic carbocycles. The molecule has 0 bridgehead atoms. The summed E-state index contributed by atoms with van der Waals surface area (Å²) in [5, 5.41) is 1.84. The first kappa shape index (κ1) is 19.2. The van der Waals surface area contributed by atoms with Crippen LogP contribution >= 0.6 is 22.9 Å². The molecular weight excluding hydrogens is 406 g/mol. The van der Waals surface area contributed by atoms with Crippen molar-refractivity contribution in [1.29, 1.82) is 0 Å². The molecule has 0 N–H and O–H groups in total. The molecule has 0 atom stereocenters. The highest BCUT2D eigenvalue weighted by molar-refractivity contribution is 7.18. The van der Waals surface area contributed by atoms with Crippen LogP contribution in [0.2, 0.25) is 5.02 Å². The molecule has 7 heteroatoms. The van der Waals surface area contributed by atoms with E-state index in [4.69, 9.17) is 31.0 Å². The first-order valence-corrected chi connectivity index (χ1v) is 11.4. The van der Waals surface area contributed by atoms with Crippen molar-refractivity contribution in [1.82, 2.24) is 14.9 Å². The number of hydrogen-bond donors (Lipinski definition) is 0. The smallest absolute Gasteiger partial charge is 0.231 e. The Labute approximate surface area is 179 Å². The van der Waals surface area contributed by atoms with Gasteiger partial charge in [0.1, 0.15) is 16.4 Å². The molecule has 29 heavy (non-hydrogen) atoms. The zero-order valence-corrected chi connectivity index (χ0v) is 18.1. The van der Waals surface area contributed by atoms with Gasteiger partial charge in [-0.3, -0.25) is 4.90 Å². The molecule has 3 heterocycles. The van der Waals surface area contributed by atoms with E-state index in [1.807, 2.05) is 36.5 Å². The Morgan fingerprint density at radius 3 is 2.83 bits per heavy atom. The summed E-state index contributed by atoms with van der Waals surface area (Å²) >= 11 is 8.01. The summed E-state index contributed by atoms with van der Waals surface area (Å²) in [5.41, 5.74) is 2.38. The van der Waals surface area contributed by atoms with E-state index in [-0.39, 0.29) is 0 Å². The molecule has 3 aromatic rings. The van der Waals surface area contributed by atoms with Crippen LogP contribution in [0.5, 0.6) is 11.6 Å². The minimum Gasteiger partial charge on any atom is -0.438 e. The zero-order valence-electron chi connectivity index (χ0n) is 16.5. The second kappa shape index (κ2) is 8.19. The number of morpholine rings is 1. The Morgan fingerprint density at radius 2 is 2.00 bits per heavy atom. The second-order valence-electron chi connectivity index (χ2n) is 7.74. The van der Waals surface area contributed by atoms with Crippen molar-refractivity contribution >= 4 is 33.2 Å². The standard InChI is InChI=1S/C22H24ClN3O2S/c1-14-12-15(6-7-17(14)23)28-21-20-16-4-2-3-5-18(16)29-22(20)25-19(24-21)13-26-8-10-27-11-9-26/h6-7,12H,2-5,8-11,13H2,1H3. The van der Waals surface area contributed by atoms with Crippen molar-refractivity contribution in [2.45, 2.75) is 39.2 Å². The Bertz CT molecular complexity index is 1050. The minimum atomic E-state index is 0.680. The van der Waals surface area contributed by atoms with Gasteiger partial charge in [0.05, 0.1) is 25.1 Å². The van der Waals surface area contributed by atoms with E-state index < -0.39 is 0 Å². The summed E-state index contributed by atoms with van der Waals surface area (Å²) in [6.07, 6.45) is 4.68. The van der Waals surface area contributed by atoms with Gasteiger partial charge in [0.15, 0.2) is 0 Å². The second-order valence-corrected chi connectivity index (χ2v) is 9.23. The molecule has 0 saturated carbocycles. The molecule has 1 fully saturated rings. The van der Waals surface area contributed by atoms with Gasteiger partial charge in [-0.1, -0.05) is 11.6 Å². The molecule has 1 saturated heterocycles. The first-order chi connectivity index (χ1) is 14.2. The van der Waals surface area contributed by atoms with Crippen molar-refractivity contribution in [2.24, 2.45) is 0 Å². The van der Waals surface area contributed by atoms with Gasteiger partial charge in [-0.2, -0.15) is 4.98 Å². The predicted molar refractivity (Wildman–Crippen MR) is 116 cm³/mol. The van der Waals surface area contributed by atoms with Crippen LogP contribution < -0.4 is 4.74 Å². The van der Waals surface area contributed by atoms with Crippen molar-refractivity contribution in [2.75, 3.05) is 26.3 Å². The maximum Gasteiger partial charge on any atom is 0.231 e. The first-order valence-electron chi connectivity index (χ1n) is 10.2. The molecule has 2 aromatic heterocycles. The highest BCUT2D eigenvalue weighted by atomic mass is 35.5. The summed E-state index contributed by atoms with van der Waals surface area (Å²) < 4.78 is 11.8. The van der Waals surface area contributed by atoms with Crippen molar-refractivity contribution in [3.63, 3.8) is 0 Å². The Kier molecular flexibility index (Phi) is 5.43. The zero-order chi connectivity index (χ0) is 19.8. The van der Waals surface area contributed by atoms with Crippen molar-refractivity contribution in [3.05, 3.63) is 45.1 Å². The van der Waals surface area contributed by atoms with Gasteiger partial charge >= 0.3 is 0 Å². The fourth-order valence-electron chi connectivity index (χ4n) is 4.06. The number of hydrogen-bond acceptors (Lipinski definition) is 6. The molecule has 1 aliphatic heterocycles. The lowest BCUT2D eigenvalue weighted by Gasteiger charge is -2.25. The average molecular weight is 430 g/mol. The number of benzene rings is 1. The number of aryl methyl sites for hydroxylation is 3. The Balaban J connectivity index is 1.56. The van der Waals surface area contributed by atoms with Gasteiger partial charge in [0, 0.05) is 23.0 Å². The SMILES string of the molecule is Cc1cc(Oc2nc(CN3CCOCC3)nc3sc4c(c23)CCCC4)ccc1Cl. The van der Waals surface area contributed by atoms with Crippen LogP contribution in [0.3, 0.4) is 0 Å². The van der Waals surface area contributed by atoms with E-state index in [2.05, 4.69) is 4.90 Å². The topological polar surface area (TPSA) is 47.5 Å². The van der Waals surface area contributed by atoms with Gasteiger partial charge in [-0.25, -0.2) is 4.98 Å². The fourth-order valence-corrected chi connectivity index (χ4v) is 5.45. The third kappa shape index (κ3) is 3.99. The van der Waals surface area contributed by atoms with Gasteiger partial charge in [0.2, 0.25) is 5.88 Å². The van der Waals surface area contributed by atoms with Crippen LogP contribution in [-0.4, -0.2) is 41.2 Å². The maximum absolute atomic E-state index is 6.34. The maximum atomic E-state index is 6.34. The Hall–Kier alpha value is -1.73. The number of aromatic nitrogens is 2. The number of thiophene rings is 1. The predicted octanol–water partition coefficient (Wildman–Crippen LogP) is 5.16. The van der Waals surface area contributed by atoms with E-state index in [9.17, 15) is 0 Å². The van der Waals surface area contributed by atoms with Crippen LogP contribution in [-0.2, 0) is 24.1 Å². The van der Waals surface area contributed by atoms with Crippen LogP contribution in [0.25, 0.3) is 10.2 Å². The molecule has 5 nitrogen and oxygen atoms in total. The highest BCUT2D eigenvalue weighted by Crippen LogP contribution is 2.41. The molecule has 0 unspecified atom stereocenters. The van der Waals surface area contributed by atoms with Gasteiger partial charge < -0.3 is 9.47 Å². The molecule has 0 radical (unpaired) electrons. The number of rotatable bonds is 4. The molecule has 1 aliphatic carbocycles. The normalized spacial score (nSPS) is 17.4. The summed E-state index contributed by atoms with van der Waals surface area (Å²) in [7, 11) is 0. The summed E-state index contributed by atoms with van der Waals surface area (Å²) in [6.45, 7) is 6.06. The molecule has 5 rings (SSSR count). The minimum absolute atomic E-state index is 0.680. The number of fused-ring (bicyclic) bond motifs is 3. The lowest BCUT2D eigenvalue weighted by molar-refractivity contribution is 0.0330. The Morgan fingerprint density at radius 1 is 1.17 bits per heavy atom. The van der Waals surface area contributed by atoms with Gasteiger partial charge in [-0.05, 0) is 61.9 Å². The molecule has 0 spiro atoms. The fraction of sp³-hybridized carbons (Fsp3) is 0.455. The lowest BCUT2D eigenvalue weighted by atomic mass is 9.97. The van der Waals surface area contributed by atoms with E-state index in [0.29, 0.717) is 5.88 Å². The quantitative estimate of drug-likeness (QED) is 0.573. The molecular formula is C22H24ClN3O2S. The van der Waals surface area contributed by atoms with E-state index in [1.54, 1.807) is 0 Å². The largest absolute Gasteiger partial charge is 0.438 e. The van der Waals surface area contributed by atoms with Crippen molar-refractivity contribution in [3.8, 4) is 11.6 Å². The number of nitrogens with zero attached hydrogens (tertiary/aromatic N) is 3. The lowest BCUT2D eigenvalue weighted by Crippen LogP contribution is -2.36. The average Bonchev–Trinajstić information content (AvgIpc) is 3.10. The van der Waals surface area contributed by atoms with Crippen LogP contribution in [0.15, 0.2) is 18.2 Å². The summed E-state index contributed by atoms with van der Waals surface area (Å²) in [4.78, 5) is 14.7. The monoisotopic (exact) mass is 429 g/mol. The third-order valence-corrected chi connectivity index (χ3v) is 7.25. The molecule has 2 aliphatic rings. The number of ether oxygens (including phenoxy) is 2. The third-order valence-electron chi connectivity index (χ3n) is 5.64. The summed E-state index contributed by atoms with van der Waals surface area (Å²) in [6, 6.07) is 5.75. The van der Waals surface area contributed by atoms with Gasteiger partial charge in [0.25, 0.3) is 0 Å². The molecule has 0 amide bonds. The van der Waals surface area contributed by atoms with E-state index in [0.717, 1.165) is 78.1 Å². The van der Waals surface area contributed by atoms with Crippen LogP contribution in [0.4, 0.5) is 0 Å². The molecule has 152 valence electrons. The van der Waals surface area contributed by atoms with Crippen molar-refractivity contribution < 1.29 is 9.47 Å². The van der Waals surface area contributed by atoms with E-state index in [1.165, 1.54) is 23.3 Å². The highest BCUT2D eigenvalue weighted by Gasteiger charge is 2.23. The number of halogens is 1. The van der Waals surface area contributed by atoms with Gasteiger partial charge in [-0.15, -0.1) is 11.3 Å². The van der Waals surface area contributed by atoms with Crippen LogP contribution in [0.1, 0.15) is 34.7 Å². The van der Waals surface area contributed by atoms with E-state index >= 15 is 0 Å².